The average Bonchev–Trinajstić information content (AvgIpc) is 3.15. The second-order valence-electron chi connectivity index (χ2n) is 11.3. The molecule has 2 aliphatic heterocycles. The minimum absolute atomic E-state index is 0.0957. The van der Waals surface area contributed by atoms with Gasteiger partial charge >= 0.3 is 0 Å². The van der Waals surface area contributed by atoms with Crippen molar-refractivity contribution in [2.24, 2.45) is 0 Å². The summed E-state index contributed by atoms with van der Waals surface area (Å²) in [7, 11) is -0.192. The Hall–Kier alpha value is -4.07. The van der Waals surface area contributed by atoms with Crippen molar-refractivity contribution in [3.63, 3.8) is 0 Å². The van der Waals surface area contributed by atoms with Gasteiger partial charge in [-0.2, -0.15) is 0 Å². The zero-order chi connectivity index (χ0) is 31.1. The number of amides is 1. The molecule has 13 heteroatoms. The number of ether oxygens (including phenoxy) is 1. The van der Waals surface area contributed by atoms with Gasteiger partial charge < -0.3 is 19.9 Å². The van der Waals surface area contributed by atoms with Crippen LogP contribution in [0.2, 0.25) is 0 Å². The number of fused-ring (bicyclic) bond motifs is 2. The zero-order valence-corrected chi connectivity index (χ0v) is 25.2. The monoisotopic (exact) mass is 622 g/mol. The van der Waals surface area contributed by atoms with Crippen molar-refractivity contribution in [2.45, 2.75) is 36.4 Å². The summed E-state index contributed by atoms with van der Waals surface area (Å²) in [5.41, 5.74) is 3.07. The van der Waals surface area contributed by atoms with Crippen LogP contribution < -0.4 is 10.2 Å². The molecule has 10 nitrogen and oxygen atoms in total. The Morgan fingerprint density at radius 3 is 2.73 bits per heavy atom. The van der Waals surface area contributed by atoms with Crippen LogP contribution in [-0.2, 0) is 27.7 Å². The molecule has 1 aromatic carbocycles. The van der Waals surface area contributed by atoms with Crippen LogP contribution in [0.1, 0.15) is 28.0 Å². The van der Waals surface area contributed by atoms with E-state index in [0.717, 1.165) is 5.39 Å². The van der Waals surface area contributed by atoms with Gasteiger partial charge in [0, 0.05) is 23.7 Å². The molecule has 2 aliphatic rings. The van der Waals surface area contributed by atoms with E-state index in [1.54, 1.807) is 66.5 Å². The molecular weight excluding hydrogens is 590 g/mol. The number of aromatic nitrogens is 3. The standard InChI is InChI=1S/C31H32F2N6O4S/c1-38(2)28-10-11-39(19-31(28,32)33)29-5-3-4-24(37-29)25-9-8-21-16-34-23(15-26(21)36-25)17-35-30(40)20-6-7-22-18-43-12-13-44(41,42)27(22)14-20/h3-9,14-16,28H,10-13,17-19H2,1-2H3,(H,35,40)/t28-/m0/s1. The van der Waals surface area contributed by atoms with Crippen molar-refractivity contribution in [1.29, 1.82) is 0 Å². The number of carbonyl (C=O) groups excluding carboxylic acids is 1. The van der Waals surface area contributed by atoms with Crippen LogP contribution >= 0.6 is 0 Å². The summed E-state index contributed by atoms with van der Waals surface area (Å²) in [5, 5.41) is 3.58. The lowest BCUT2D eigenvalue weighted by atomic mass is 10.00. The first-order valence-corrected chi connectivity index (χ1v) is 15.9. The number of hydrogen-bond acceptors (Lipinski definition) is 9. The number of benzene rings is 1. The predicted molar refractivity (Wildman–Crippen MR) is 161 cm³/mol. The molecular formula is C31H32F2N6O4S. The van der Waals surface area contributed by atoms with Crippen LogP contribution in [-0.4, -0.2) is 85.7 Å². The summed E-state index contributed by atoms with van der Waals surface area (Å²) >= 11 is 0. The minimum atomic E-state index is -3.54. The Balaban J connectivity index is 1.18. The van der Waals surface area contributed by atoms with Crippen molar-refractivity contribution in [1.82, 2.24) is 25.2 Å². The number of sulfone groups is 1. The summed E-state index contributed by atoms with van der Waals surface area (Å²) in [4.78, 5) is 30.1. The van der Waals surface area contributed by atoms with E-state index >= 15 is 0 Å². The summed E-state index contributed by atoms with van der Waals surface area (Å²) in [6.45, 7) is 0.443. The third-order valence-corrected chi connectivity index (χ3v) is 9.74. The molecule has 0 unspecified atom stereocenters. The maximum atomic E-state index is 14.8. The quantitative estimate of drug-likeness (QED) is 0.344. The highest BCUT2D eigenvalue weighted by Gasteiger charge is 2.46. The van der Waals surface area contributed by atoms with E-state index in [1.165, 1.54) is 6.07 Å². The molecule has 1 saturated heterocycles. The van der Waals surface area contributed by atoms with E-state index in [1.807, 2.05) is 12.1 Å². The number of pyridine rings is 3. The number of anilines is 1. The lowest BCUT2D eigenvalue weighted by molar-refractivity contribution is -0.0753. The first-order chi connectivity index (χ1) is 21.0. The second-order valence-corrected chi connectivity index (χ2v) is 13.4. The zero-order valence-electron chi connectivity index (χ0n) is 24.3. The van der Waals surface area contributed by atoms with Crippen molar-refractivity contribution >= 4 is 32.5 Å². The number of nitrogens with zero attached hydrogens (tertiary/aromatic N) is 5. The molecule has 1 amide bonds. The van der Waals surface area contributed by atoms with Crippen LogP contribution in [0.5, 0.6) is 0 Å². The van der Waals surface area contributed by atoms with Gasteiger partial charge in [-0.3, -0.25) is 9.78 Å². The molecule has 230 valence electrons. The number of alkyl halides is 2. The highest BCUT2D eigenvalue weighted by atomic mass is 32.2. The number of halogens is 2. The minimum Gasteiger partial charge on any atom is -0.376 e. The first kappa shape index (κ1) is 30.0. The largest absolute Gasteiger partial charge is 0.376 e. The van der Waals surface area contributed by atoms with E-state index in [9.17, 15) is 22.0 Å². The third kappa shape index (κ3) is 6.12. The fourth-order valence-corrected chi connectivity index (χ4v) is 7.03. The Kier molecular flexibility index (Phi) is 8.03. The smallest absolute Gasteiger partial charge is 0.280 e. The van der Waals surface area contributed by atoms with Gasteiger partial charge in [-0.05, 0) is 68.5 Å². The van der Waals surface area contributed by atoms with Crippen LogP contribution in [0.25, 0.3) is 22.3 Å². The first-order valence-electron chi connectivity index (χ1n) is 14.2. The Morgan fingerprint density at radius 1 is 1.11 bits per heavy atom. The van der Waals surface area contributed by atoms with E-state index in [2.05, 4.69) is 15.3 Å². The highest BCUT2D eigenvalue weighted by Crippen LogP contribution is 2.33. The van der Waals surface area contributed by atoms with Gasteiger partial charge in [-0.1, -0.05) is 12.1 Å². The number of carbonyl (C=O) groups is 1. The van der Waals surface area contributed by atoms with Crippen LogP contribution in [0.3, 0.4) is 0 Å². The van der Waals surface area contributed by atoms with Gasteiger partial charge in [0.1, 0.15) is 5.82 Å². The van der Waals surface area contributed by atoms with Crippen LogP contribution in [0.4, 0.5) is 14.6 Å². The average molecular weight is 623 g/mol. The fourth-order valence-electron chi connectivity index (χ4n) is 5.64. The molecule has 4 aromatic rings. The lowest BCUT2D eigenvalue weighted by Gasteiger charge is -2.41. The molecule has 0 aliphatic carbocycles. The molecule has 44 heavy (non-hydrogen) atoms. The van der Waals surface area contributed by atoms with Crippen LogP contribution in [0, 0.1) is 0 Å². The maximum Gasteiger partial charge on any atom is 0.280 e. The predicted octanol–water partition coefficient (Wildman–Crippen LogP) is 3.70. The Morgan fingerprint density at radius 2 is 1.93 bits per heavy atom. The fraction of sp³-hybridized carbons (Fsp3) is 0.355. The van der Waals surface area contributed by atoms with E-state index < -0.39 is 34.3 Å². The van der Waals surface area contributed by atoms with Crippen molar-refractivity contribution in [2.75, 3.05) is 44.4 Å². The van der Waals surface area contributed by atoms with Crippen molar-refractivity contribution in [3.05, 3.63) is 77.6 Å². The molecule has 0 spiro atoms. The Labute approximate surface area is 254 Å². The number of piperidine rings is 1. The molecule has 1 atom stereocenters. The number of hydrogen-bond donors (Lipinski definition) is 1. The van der Waals surface area contributed by atoms with E-state index in [4.69, 9.17) is 9.72 Å². The topological polar surface area (TPSA) is 118 Å². The molecule has 5 heterocycles. The van der Waals surface area contributed by atoms with Gasteiger partial charge in [-0.15, -0.1) is 0 Å². The van der Waals surface area contributed by atoms with Gasteiger partial charge in [0.25, 0.3) is 11.8 Å². The Bertz CT molecular complexity index is 1840. The summed E-state index contributed by atoms with van der Waals surface area (Å²) in [6, 6.07) is 14.5. The molecule has 3 aromatic heterocycles. The summed E-state index contributed by atoms with van der Waals surface area (Å²) in [6.07, 6.45) is 1.98. The molecule has 0 radical (unpaired) electrons. The number of rotatable bonds is 6. The molecule has 0 saturated carbocycles. The molecule has 1 N–H and O–H groups in total. The second kappa shape index (κ2) is 11.8. The SMILES string of the molecule is CN(C)[C@H]1CCN(c2cccc(-c3ccc4cnc(CNC(=O)c5ccc6c(c5)S(=O)(=O)CCOC6)cc4n3)n2)CC1(F)F. The van der Waals surface area contributed by atoms with E-state index in [0.29, 0.717) is 46.9 Å². The number of nitrogens with one attached hydrogen (secondary N) is 1. The van der Waals surface area contributed by atoms with Crippen molar-refractivity contribution < 1.29 is 26.7 Å². The van der Waals surface area contributed by atoms with Gasteiger partial charge in [0.05, 0.1) is 65.6 Å². The molecule has 6 rings (SSSR count). The third-order valence-electron chi connectivity index (χ3n) is 7.98. The molecule has 0 bridgehead atoms. The summed E-state index contributed by atoms with van der Waals surface area (Å²) < 4.78 is 60.2. The highest BCUT2D eigenvalue weighted by molar-refractivity contribution is 7.91. The van der Waals surface area contributed by atoms with Crippen LogP contribution in [0.15, 0.2) is 65.7 Å². The van der Waals surface area contributed by atoms with Crippen molar-refractivity contribution in [3.8, 4) is 11.4 Å². The molecule has 1 fully saturated rings. The normalized spacial score (nSPS) is 19.4. The van der Waals surface area contributed by atoms with E-state index in [-0.39, 0.29) is 36.0 Å². The van der Waals surface area contributed by atoms with Gasteiger partial charge in [0.15, 0.2) is 9.84 Å². The summed E-state index contributed by atoms with van der Waals surface area (Å²) in [5.74, 6) is -2.96. The maximum absolute atomic E-state index is 14.8. The van der Waals surface area contributed by atoms with Gasteiger partial charge in [0.2, 0.25) is 0 Å². The van der Waals surface area contributed by atoms with Gasteiger partial charge in [-0.25, -0.2) is 27.2 Å². The lowest BCUT2D eigenvalue weighted by Crippen LogP contribution is -2.56.